The summed E-state index contributed by atoms with van der Waals surface area (Å²) in [5.74, 6) is 19.0. The van der Waals surface area contributed by atoms with E-state index in [0.29, 0.717) is 0 Å². The van der Waals surface area contributed by atoms with Crippen LogP contribution in [0.2, 0.25) is 0 Å². The van der Waals surface area contributed by atoms with Gasteiger partial charge in [0.1, 0.15) is 0 Å². The molecular weight excluding hydrogens is 400 g/mol. The molecule has 0 aliphatic rings. The third kappa shape index (κ3) is 5.92. The molecule has 0 aliphatic heterocycles. The monoisotopic (exact) mass is 414 g/mol. The first-order valence-corrected chi connectivity index (χ1v) is 9.33. The Labute approximate surface area is 185 Å². The molecule has 0 aliphatic carbocycles. The quantitative estimate of drug-likeness (QED) is 0.624. The molecule has 0 amide bonds. The highest BCUT2D eigenvalue weighted by Gasteiger charge is 2.17. The Morgan fingerprint density at radius 3 is 1.28 bits per heavy atom. The normalized spacial score (nSPS) is 8.75. The summed E-state index contributed by atoms with van der Waals surface area (Å²) >= 11 is 0. The van der Waals surface area contributed by atoms with Crippen LogP contribution in [0, 0.1) is 47.4 Å². The average Bonchev–Trinajstić information content (AvgIpc) is 2.80. The Kier molecular flexibility index (Phi) is 7.12. The lowest BCUT2D eigenvalue weighted by atomic mass is 9.98. The second-order valence-electron chi connectivity index (χ2n) is 6.29. The van der Waals surface area contributed by atoms with Gasteiger partial charge in [0.2, 0.25) is 0 Å². The van der Waals surface area contributed by atoms with Gasteiger partial charge in [-0.1, -0.05) is 60.1 Å². The van der Waals surface area contributed by atoms with E-state index in [1.165, 1.54) is 6.07 Å². The van der Waals surface area contributed by atoms with E-state index in [-0.39, 0.29) is 22.3 Å². The smallest absolute Gasteiger partial charge is 0.336 e. The lowest BCUT2D eigenvalue weighted by molar-refractivity contribution is 0.0695. The minimum absolute atomic E-state index is 0.116. The van der Waals surface area contributed by atoms with Crippen molar-refractivity contribution < 1.29 is 19.8 Å². The first-order chi connectivity index (χ1) is 15.5. The summed E-state index contributed by atoms with van der Waals surface area (Å²) in [7, 11) is 0. The fourth-order valence-corrected chi connectivity index (χ4v) is 2.61. The predicted molar refractivity (Wildman–Crippen MR) is 121 cm³/mol. The molecule has 4 heteroatoms. The molecule has 0 saturated carbocycles. The van der Waals surface area contributed by atoms with Gasteiger partial charge in [0.15, 0.2) is 0 Å². The van der Waals surface area contributed by atoms with E-state index in [9.17, 15) is 19.8 Å². The van der Waals surface area contributed by atoms with Crippen molar-refractivity contribution >= 4 is 11.9 Å². The summed E-state index contributed by atoms with van der Waals surface area (Å²) in [6.45, 7) is 0. The van der Waals surface area contributed by atoms with Gasteiger partial charge < -0.3 is 10.2 Å². The van der Waals surface area contributed by atoms with Crippen LogP contribution in [-0.2, 0) is 0 Å². The van der Waals surface area contributed by atoms with Crippen molar-refractivity contribution in [3.05, 3.63) is 106 Å². The highest BCUT2D eigenvalue weighted by Crippen LogP contribution is 2.17. The van der Waals surface area contributed by atoms with Crippen molar-refractivity contribution in [2.75, 3.05) is 0 Å². The first-order valence-electron chi connectivity index (χ1n) is 9.33. The van der Waals surface area contributed by atoms with Gasteiger partial charge in [-0.05, 0) is 60.1 Å². The van der Waals surface area contributed by atoms with Gasteiger partial charge in [-0.3, -0.25) is 0 Å². The highest BCUT2D eigenvalue weighted by molar-refractivity contribution is 5.97. The van der Waals surface area contributed by atoms with Crippen LogP contribution in [-0.4, -0.2) is 22.2 Å². The molecule has 0 heterocycles. The summed E-state index contributed by atoms with van der Waals surface area (Å²) in [5.41, 5.74) is 1.29. The van der Waals surface area contributed by atoms with Crippen LogP contribution in [0.5, 0.6) is 0 Å². The summed E-state index contributed by atoms with van der Waals surface area (Å²) in [6, 6.07) is 20.8. The summed E-state index contributed by atoms with van der Waals surface area (Å²) < 4.78 is 0. The van der Waals surface area contributed by atoms with E-state index in [1.807, 2.05) is 60.7 Å². The number of carboxylic acid groups (broad SMARTS) is 2. The van der Waals surface area contributed by atoms with E-state index >= 15 is 0 Å². The lowest BCUT2D eigenvalue weighted by Gasteiger charge is -2.04. The molecule has 0 fully saturated rings. The SMILES string of the molecule is O=C(O)c1cc(C(=O)O)c(C#CC#Cc2ccccc2)cc1C#CC#Cc1ccccc1. The topological polar surface area (TPSA) is 74.6 Å². The summed E-state index contributed by atoms with van der Waals surface area (Å²) in [4.78, 5) is 23.2. The van der Waals surface area contributed by atoms with E-state index in [0.717, 1.165) is 17.2 Å². The van der Waals surface area contributed by atoms with Gasteiger partial charge in [0.05, 0.1) is 11.1 Å². The zero-order chi connectivity index (χ0) is 22.8. The maximum absolute atomic E-state index is 11.6. The van der Waals surface area contributed by atoms with Gasteiger partial charge in [0.25, 0.3) is 0 Å². The van der Waals surface area contributed by atoms with E-state index in [4.69, 9.17) is 0 Å². The fraction of sp³-hybridized carbons (Fsp3) is 0. The number of carboxylic acids is 2. The Bertz CT molecular complexity index is 1310. The van der Waals surface area contributed by atoms with Crippen LogP contribution in [0.3, 0.4) is 0 Å². The Hall–Kier alpha value is -5.16. The molecule has 2 N–H and O–H groups in total. The molecule has 3 aromatic rings. The van der Waals surface area contributed by atoms with Crippen molar-refractivity contribution in [3.63, 3.8) is 0 Å². The predicted octanol–water partition coefficient (Wildman–Crippen LogP) is 3.89. The van der Waals surface area contributed by atoms with Gasteiger partial charge in [-0.2, -0.15) is 0 Å². The van der Waals surface area contributed by atoms with Crippen molar-refractivity contribution in [1.29, 1.82) is 0 Å². The van der Waals surface area contributed by atoms with Crippen molar-refractivity contribution in [2.45, 2.75) is 0 Å². The van der Waals surface area contributed by atoms with Crippen molar-refractivity contribution in [3.8, 4) is 47.4 Å². The third-order valence-electron chi connectivity index (χ3n) is 4.10. The molecule has 0 bridgehead atoms. The van der Waals surface area contributed by atoms with E-state index in [1.54, 1.807) is 0 Å². The Balaban J connectivity index is 2.00. The van der Waals surface area contributed by atoms with Crippen molar-refractivity contribution in [2.24, 2.45) is 0 Å². The minimum atomic E-state index is -1.30. The van der Waals surface area contributed by atoms with E-state index in [2.05, 4.69) is 47.4 Å². The second-order valence-corrected chi connectivity index (χ2v) is 6.29. The Morgan fingerprint density at radius 2 is 0.906 bits per heavy atom. The molecular formula is C28H14O4. The summed E-state index contributed by atoms with van der Waals surface area (Å²) in [5, 5.41) is 19.0. The standard InChI is InChI=1S/C28H14O4/c29-27(30)25-20-26(28(31)32)24(18-10-8-16-22-13-5-2-6-14-22)19-23(25)17-9-7-15-21-11-3-1-4-12-21/h1-6,11-14,19-20H,(H,29,30)(H,31,32). The Morgan fingerprint density at radius 1 is 0.531 bits per heavy atom. The van der Waals surface area contributed by atoms with Gasteiger partial charge in [0, 0.05) is 22.3 Å². The zero-order valence-electron chi connectivity index (χ0n) is 16.6. The molecule has 0 unspecified atom stereocenters. The van der Waals surface area contributed by atoms with Crippen LogP contribution in [0.25, 0.3) is 0 Å². The number of rotatable bonds is 2. The zero-order valence-corrected chi connectivity index (χ0v) is 16.6. The van der Waals surface area contributed by atoms with Crippen molar-refractivity contribution in [1.82, 2.24) is 0 Å². The number of hydrogen-bond acceptors (Lipinski definition) is 2. The molecule has 150 valence electrons. The first kappa shape index (κ1) is 21.5. The fourth-order valence-electron chi connectivity index (χ4n) is 2.61. The largest absolute Gasteiger partial charge is 0.478 e. The maximum Gasteiger partial charge on any atom is 0.336 e. The summed E-state index contributed by atoms with van der Waals surface area (Å²) in [6.07, 6.45) is 0. The molecule has 0 radical (unpaired) electrons. The van der Waals surface area contributed by atoms with Crippen LogP contribution in [0.15, 0.2) is 72.8 Å². The molecule has 3 aromatic carbocycles. The number of hydrogen-bond donors (Lipinski definition) is 2. The minimum Gasteiger partial charge on any atom is -0.478 e. The maximum atomic E-state index is 11.6. The van der Waals surface area contributed by atoms with Crippen LogP contribution >= 0.6 is 0 Å². The average molecular weight is 414 g/mol. The number of carbonyl (C=O) groups is 2. The molecule has 4 nitrogen and oxygen atoms in total. The van der Waals surface area contributed by atoms with E-state index < -0.39 is 11.9 Å². The van der Waals surface area contributed by atoms with Crippen LogP contribution < -0.4 is 0 Å². The van der Waals surface area contributed by atoms with Crippen LogP contribution in [0.4, 0.5) is 0 Å². The van der Waals surface area contributed by atoms with Gasteiger partial charge in [-0.15, -0.1) is 0 Å². The number of benzene rings is 3. The molecule has 0 saturated heterocycles. The number of aromatic carboxylic acids is 2. The molecule has 0 spiro atoms. The molecule has 0 aromatic heterocycles. The molecule has 0 atom stereocenters. The second kappa shape index (κ2) is 10.6. The third-order valence-corrected chi connectivity index (χ3v) is 4.10. The van der Waals surface area contributed by atoms with Gasteiger partial charge >= 0.3 is 11.9 Å². The lowest BCUT2D eigenvalue weighted by Crippen LogP contribution is -2.07. The highest BCUT2D eigenvalue weighted by atomic mass is 16.4. The molecule has 3 rings (SSSR count). The van der Waals surface area contributed by atoms with Gasteiger partial charge in [-0.25, -0.2) is 9.59 Å². The van der Waals surface area contributed by atoms with Crippen LogP contribution in [0.1, 0.15) is 43.0 Å². The molecule has 32 heavy (non-hydrogen) atoms.